The molecule has 0 fully saturated rings. The molecule has 0 aliphatic carbocycles. The minimum atomic E-state index is -0.279. The maximum atomic E-state index is 11.3. The van der Waals surface area contributed by atoms with Gasteiger partial charge in [-0.05, 0) is 50.2 Å². The van der Waals surface area contributed by atoms with Gasteiger partial charge in [0.05, 0.1) is 11.1 Å². The second kappa shape index (κ2) is 6.83. The van der Waals surface area contributed by atoms with Crippen molar-refractivity contribution in [1.29, 1.82) is 0 Å². The van der Waals surface area contributed by atoms with Gasteiger partial charge < -0.3 is 19.7 Å². The van der Waals surface area contributed by atoms with Gasteiger partial charge in [-0.15, -0.1) is 0 Å². The zero-order chi connectivity index (χ0) is 17.0. The number of carbonyl (C=O) groups is 2. The fourth-order valence-electron chi connectivity index (χ4n) is 1.94. The smallest absolute Gasteiger partial charge is 0.230 e. The molecule has 2 aromatic rings. The van der Waals surface area contributed by atoms with E-state index in [1.807, 2.05) is 0 Å². The Balaban J connectivity index is 2.03. The molecule has 0 saturated heterocycles. The van der Waals surface area contributed by atoms with Gasteiger partial charge in [0.2, 0.25) is 6.79 Å². The summed E-state index contributed by atoms with van der Waals surface area (Å²) < 4.78 is 10.7. The number of benzene rings is 2. The molecule has 6 heteroatoms. The Bertz CT molecular complexity index is 687. The molecule has 120 valence electrons. The van der Waals surface area contributed by atoms with E-state index < -0.39 is 0 Å². The molecule has 2 N–H and O–H groups in total. The van der Waals surface area contributed by atoms with Gasteiger partial charge >= 0.3 is 0 Å². The molecule has 0 unspecified atom stereocenters. The van der Waals surface area contributed by atoms with Crippen LogP contribution in [0.15, 0.2) is 36.4 Å². The molecule has 0 aliphatic heterocycles. The number of phenolic OH excluding ortho intramolecular Hbond substituents is 2. The van der Waals surface area contributed by atoms with Gasteiger partial charge in [-0.25, -0.2) is 0 Å². The van der Waals surface area contributed by atoms with E-state index in [0.717, 1.165) is 0 Å². The van der Waals surface area contributed by atoms with Gasteiger partial charge in [-0.1, -0.05) is 0 Å². The Morgan fingerprint density at radius 2 is 1.22 bits per heavy atom. The van der Waals surface area contributed by atoms with Crippen LogP contribution in [0.3, 0.4) is 0 Å². The highest BCUT2D eigenvalue weighted by Crippen LogP contribution is 2.25. The third-order valence-corrected chi connectivity index (χ3v) is 3.15. The quantitative estimate of drug-likeness (QED) is 0.629. The lowest BCUT2D eigenvalue weighted by Crippen LogP contribution is -2.07. The predicted molar refractivity (Wildman–Crippen MR) is 82.3 cm³/mol. The van der Waals surface area contributed by atoms with Gasteiger partial charge in [0.15, 0.2) is 11.6 Å². The topological polar surface area (TPSA) is 93.1 Å². The summed E-state index contributed by atoms with van der Waals surface area (Å²) >= 11 is 0. The van der Waals surface area contributed by atoms with E-state index in [4.69, 9.17) is 9.47 Å². The average Bonchev–Trinajstić information content (AvgIpc) is 2.50. The third-order valence-electron chi connectivity index (χ3n) is 3.15. The van der Waals surface area contributed by atoms with Crippen LogP contribution in [-0.4, -0.2) is 28.6 Å². The molecule has 0 atom stereocenters. The summed E-state index contributed by atoms with van der Waals surface area (Å²) in [6.45, 7) is 2.52. The Labute approximate surface area is 132 Å². The summed E-state index contributed by atoms with van der Waals surface area (Å²) in [7, 11) is 0. The van der Waals surface area contributed by atoms with Crippen LogP contribution in [-0.2, 0) is 0 Å². The van der Waals surface area contributed by atoms with E-state index in [9.17, 15) is 19.8 Å². The van der Waals surface area contributed by atoms with Crippen LogP contribution in [0.2, 0.25) is 0 Å². The average molecular weight is 316 g/mol. The number of ether oxygens (including phenoxy) is 2. The highest BCUT2D eigenvalue weighted by atomic mass is 16.7. The van der Waals surface area contributed by atoms with Crippen LogP contribution in [0.4, 0.5) is 0 Å². The molecular weight excluding hydrogens is 300 g/mol. The number of Topliss-reactive ketones (excluding diaryl/α,β-unsaturated/α-hetero) is 2. The van der Waals surface area contributed by atoms with Crippen LogP contribution in [0.1, 0.15) is 34.6 Å². The molecule has 23 heavy (non-hydrogen) atoms. The second-order valence-electron chi connectivity index (χ2n) is 4.88. The van der Waals surface area contributed by atoms with Crippen LogP contribution in [0.5, 0.6) is 23.0 Å². The molecular formula is C17H16O6. The first-order valence-electron chi connectivity index (χ1n) is 6.82. The Morgan fingerprint density at radius 3 is 1.57 bits per heavy atom. The van der Waals surface area contributed by atoms with Crippen molar-refractivity contribution in [3.8, 4) is 23.0 Å². The van der Waals surface area contributed by atoms with Crippen molar-refractivity contribution in [1.82, 2.24) is 0 Å². The first-order valence-corrected chi connectivity index (χ1v) is 6.82. The molecule has 0 aliphatic rings. The summed E-state index contributed by atoms with van der Waals surface area (Å²) in [5.41, 5.74) is 0.317. The molecule has 0 aromatic heterocycles. The molecule has 0 amide bonds. The third kappa shape index (κ3) is 4.00. The van der Waals surface area contributed by atoms with Crippen molar-refractivity contribution in [3.05, 3.63) is 47.5 Å². The highest BCUT2D eigenvalue weighted by molar-refractivity contribution is 5.97. The lowest BCUT2D eigenvalue weighted by atomic mass is 10.1. The monoisotopic (exact) mass is 316 g/mol. The lowest BCUT2D eigenvalue weighted by Gasteiger charge is -2.11. The van der Waals surface area contributed by atoms with Gasteiger partial charge in [0.25, 0.3) is 0 Å². The van der Waals surface area contributed by atoms with Crippen molar-refractivity contribution >= 4 is 11.6 Å². The minimum absolute atomic E-state index is 0.115. The van der Waals surface area contributed by atoms with Crippen LogP contribution < -0.4 is 9.47 Å². The van der Waals surface area contributed by atoms with Crippen molar-refractivity contribution in [2.24, 2.45) is 0 Å². The fourth-order valence-corrected chi connectivity index (χ4v) is 1.94. The van der Waals surface area contributed by atoms with E-state index >= 15 is 0 Å². The second-order valence-corrected chi connectivity index (χ2v) is 4.88. The van der Waals surface area contributed by atoms with Crippen LogP contribution >= 0.6 is 0 Å². The molecule has 2 rings (SSSR count). The summed E-state index contributed by atoms with van der Waals surface area (Å²) in [5, 5.41) is 19.1. The van der Waals surface area contributed by atoms with Crippen LogP contribution in [0, 0.1) is 0 Å². The van der Waals surface area contributed by atoms with E-state index in [1.165, 1.54) is 50.2 Å². The molecule has 6 nitrogen and oxygen atoms in total. The van der Waals surface area contributed by atoms with Crippen molar-refractivity contribution < 1.29 is 29.3 Å². The number of hydrogen-bond donors (Lipinski definition) is 2. The van der Waals surface area contributed by atoms with Gasteiger partial charge in [-0.2, -0.15) is 0 Å². The Morgan fingerprint density at radius 1 is 0.826 bits per heavy atom. The fraction of sp³-hybridized carbons (Fsp3) is 0.176. The Kier molecular flexibility index (Phi) is 4.85. The van der Waals surface area contributed by atoms with E-state index in [2.05, 4.69) is 0 Å². The first-order chi connectivity index (χ1) is 10.9. The number of hydrogen-bond acceptors (Lipinski definition) is 6. The predicted octanol–water partition coefficient (Wildman–Crippen LogP) is 2.92. The maximum Gasteiger partial charge on any atom is 0.230 e. The highest BCUT2D eigenvalue weighted by Gasteiger charge is 2.10. The molecule has 0 radical (unpaired) electrons. The largest absolute Gasteiger partial charge is 0.507 e. The minimum Gasteiger partial charge on any atom is -0.507 e. The molecule has 0 saturated carbocycles. The van der Waals surface area contributed by atoms with Crippen molar-refractivity contribution in [3.63, 3.8) is 0 Å². The van der Waals surface area contributed by atoms with Gasteiger partial charge in [-0.3, -0.25) is 9.59 Å². The number of aromatic hydroxyl groups is 2. The molecule has 0 heterocycles. The standard InChI is InChI=1S/C17H16O6/c1-10(18)14-7-12(3-5-16(14)20)22-9-23-13-4-6-17(21)15(8-13)11(2)19/h3-8,20-21H,9H2,1-2H3. The number of ketones is 2. The van der Waals surface area contributed by atoms with E-state index in [1.54, 1.807) is 0 Å². The number of phenols is 2. The lowest BCUT2D eigenvalue weighted by molar-refractivity contribution is 0.100. The summed E-state index contributed by atoms with van der Waals surface area (Å²) in [5.74, 6) is -0.0695. The van der Waals surface area contributed by atoms with Crippen molar-refractivity contribution in [2.75, 3.05) is 6.79 Å². The normalized spacial score (nSPS) is 10.2. The number of rotatable bonds is 6. The Hall–Kier alpha value is -3.02. The SMILES string of the molecule is CC(=O)c1cc(OCOc2ccc(O)c(C(C)=O)c2)ccc1O. The van der Waals surface area contributed by atoms with Crippen molar-refractivity contribution in [2.45, 2.75) is 13.8 Å². The first kappa shape index (κ1) is 16.4. The molecule has 2 aromatic carbocycles. The number of carbonyl (C=O) groups excluding carboxylic acids is 2. The summed E-state index contributed by atoms with van der Waals surface area (Å²) in [6, 6.07) is 8.56. The maximum absolute atomic E-state index is 11.3. The zero-order valence-corrected chi connectivity index (χ0v) is 12.7. The van der Waals surface area contributed by atoms with Crippen LogP contribution in [0.25, 0.3) is 0 Å². The summed E-state index contributed by atoms with van der Waals surface area (Å²) in [4.78, 5) is 22.7. The van der Waals surface area contributed by atoms with Gasteiger partial charge in [0, 0.05) is 0 Å². The van der Waals surface area contributed by atoms with Gasteiger partial charge in [0.1, 0.15) is 23.0 Å². The molecule has 0 spiro atoms. The molecule has 0 bridgehead atoms. The zero-order valence-electron chi connectivity index (χ0n) is 12.7. The van der Waals surface area contributed by atoms with E-state index in [-0.39, 0.29) is 41.0 Å². The van der Waals surface area contributed by atoms with E-state index in [0.29, 0.717) is 11.5 Å². The summed E-state index contributed by atoms with van der Waals surface area (Å²) in [6.07, 6.45) is 0.